The molecule has 0 saturated carbocycles. The van der Waals surface area contributed by atoms with Crippen molar-refractivity contribution < 1.29 is 9.47 Å². The molecule has 8 heteroatoms. The van der Waals surface area contributed by atoms with Crippen LogP contribution in [0.5, 0.6) is 11.5 Å². The molecular formula is C21H30IN5O2. The van der Waals surface area contributed by atoms with E-state index in [0.717, 1.165) is 61.6 Å². The number of hydrogen-bond donors (Lipinski definition) is 1. The van der Waals surface area contributed by atoms with Gasteiger partial charge in [0, 0.05) is 38.9 Å². The van der Waals surface area contributed by atoms with Crippen molar-refractivity contribution in [2.75, 3.05) is 51.8 Å². The highest BCUT2D eigenvalue weighted by Gasteiger charge is 2.20. The molecule has 0 aliphatic carbocycles. The standard InChI is InChI=1S/C21H29N5O2.HI/c1-4-22-21(24-16-17-8-9-18(27-2)19(15-17)28-3)26-13-11-25(12-14-26)20-7-5-6-10-23-20;/h5-10,15H,4,11-14,16H2,1-3H3,(H,22,24);1H. The van der Waals surface area contributed by atoms with Crippen LogP contribution in [-0.2, 0) is 6.54 Å². The van der Waals surface area contributed by atoms with Gasteiger partial charge in [0.05, 0.1) is 20.8 Å². The van der Waals surface area contributed by atoms with Crippen molar-refractivity contribution in [3.8, 4) is 11.5 Å². The molecule has 1 aliphatic heterocycles. The Kier molecular flexibility index (Phi) is 9.30. The molecule has 7 nitrogen and oxygen atoms in total. The zero-order chi connectivity index (χ0) is 19.8. The normalized spacial score (nSPS) is 14.2. The topological polar surface area (TPSA) is 62.2 Å². The van der Waals surface area contributed by atoms with E-state index in [0.29, 0.717) is 6.54 Å². The minimum atomic E-state index is 0. The molecule has 1 aliphatic rings. The summed E-state index contributed by atoms with van der Waals surface area (Å²) in [7, 11) is 3.29. The minimum absolute atomic E-state index is 0. The van der Waals surface area contributed by atoms with Crippen molar-refractivity contribution in [1.82, 2.24) is 15.2 Å². The number of anilines is 1. The Morgan fingerprint density at radius 1 is 1.07 bits per heavy atom. The number of rotatable bonds is 6. The highest BCUT2D eigenvalue weighted by molar-refractivity contribution is 14.0. The van der Waals surface area contributed by atoms with E-state index in [2.05, 4.69) is 33.1 Å². The summed E-state index contributed by atoms with van der Waals surface area (Å²) in [6, 6.07) is 12.0. The third kappa shape index (κ3) is 6.12. The Hall–Kier alpha value is -2.23. The van der Waals surface area contributed by atoms with Crippen molar-refractivity contribution in [1.29, 1.82) is 0 Å². The van der Waals surface area contributed by atoms with Crippen molar-refractivity contribution in [2.45, 2.75) is 13.5 Å². The molecule has 1 aromatic carbocycles. The number of ether oxygens (including phenoxy) is 2. The molecule has 1 N–H and O–H groups in total. The van der Waals surface area contributed by atoms with Crippen LogP contribution in [-0.4, -0.2) is 62.8 Å². The Morgan fingerprint density at radius 3 is 2.45 bits per heavy atom. The molecular weight excluding hydrogens is 481 g/mol. The Labute approximate surface area is 190 Å². The Morgan fingerprint density at radius 2 is 1.83 bits per heavy atom. The van der Waals surface area contributed by atoms with Gasteiger partial charge in [-0.05, 0) is 36.8 Å². The predicted molar refractivity (Wildman–Crippen MR) is 128 cm³/mol. The van der Waals surface area contributed by atoms with Gasteiger partial charge in [0.2, 0.25) is 0 Å². The summed E-state index contributed by atoms with van der Waals surface area (Å²) < 4.78 is 10.7. The molecule has 0 spiro atoms. The molecule has 0 radical (unpaired) electrons. The van der Waals surface area contributed by atoms with E-state index in [1.54, 1.807) is 14.2 Å². The maximum absolute atomic E-state index is 5.39. The number of aliphatic imine (C=N–C) groups is 1. The van der Waals surface area contributed by atoms with Crippen LogP contribution in [0.3, 0.4) is 0 Å². The van der Waals surface area contributed by atoms with E-state index in [9.17, 15) is 0 Å². The molecule has 158 valence electrons. The molecule has 2 heterocycles. The van der Waals surface area contributed by atoms with Crippen molar-refractivity contribution in [2.24, 2.45) is 4.99 Å². The number of pyridine rings is 1. The third-order valence-electron chi connectivity index (χ3n) is 4.75. The Bertz CT molecular complexity index is 780. The van der Waals surface area contributed by atoms with Gasteiger partial charge >= 0.3 is 0 Å². The molecule has 1 fully saturated rings. The van der Waals surface area contributed by atoms with E-state index in [4.69, 9.17) is 14.5 Å². The van der Waals surface area contributed by atoms with E-state index in [1.165, 1.54) is 0 Å². The summed E-state index contributed by atoms with van der Waals surface area (Å²) in [5.41, 5.74) is 1.08. The number of aromatic nitrogens is 1. The summed E-state index contributed by atoms with van der Waals surface area (Å²) >= 11 is 0. The van der Waals surface area contributed by atoms with Gasteiger partial charge in [0.25, 0.3) is 0 Å². The maximum Gasteiger partial charge on any atom is 0.194 e. The first kappa shape index (κ1) is 23.1. The van der Waals surface area contributed by atoms with Crippen LogP contribution in [0.4, 0.5) is 5.82 Å². The van der Waals surface area contributed by atoms with Crippen LogP contribution < -0.4 is 19.7 Å². The highest BCUT2D eigenvalue weighted by Crippen LogP contribution is 2.27. The monoisotopic (exact) mass is 511 g/mol. The van der Waals surface area contributed by atoms with E-state index in [1.807, 2.05) is 36.5 Å². The molecule has 3 rings (SSSR count). The lowest BCUT2D eigenvalue weighted by Gasteiger charge is -2.37. The SMILES string of the molecule is CCNC(=NCc1ccc(OC)c(OC)c1)N1CCN(c2ccccn2)CC1.I. The van der Waals surface area contributed by atoms with E-state index in [-0.39, 0.29) is 24.0 Å². The number of piperazine rings is 1. The lowest BCUT2D eigenvalue weighted by molar-refractivity contribution is 0.354. The van der Waals surface area contributed by atoms with Gasteiger partial charge in [-0.15, -0.1) is 24.0 Å². The van der Waals surface area contributed by atoms with Crippen LogP contribution in [0.15, 0.2) is 47.6 Å². The average molecular weight is 511 g/mol. The zero-order valence-electron chi connectivity index (χ0n) is 17.3. The van der Waals surface area contributed by atoms with E-state index < -0.39 is 0 Å². The van der Waals surface area contributed by atoms with Crippen molar-refractivity contribution in [3.05, 3.63) is 48.2 Å². The molecule has 29 heavy (non-hydrogen) atoms. The fourth-order valence-corrected chi connectivity index (χ4v) is 3.26. The first-order chi connectivity index (χ1) is 13.7. The number of hydrogen-bond acceptors (Lipinski definition) is 5. The van der Waals surface area contributed by atoms with Crippen molar-refractivity contribution in [3.63, 3.8) is 0 Å². The molecule has 1 aromatic heterocycles. The zero-order valence-corrected chi connectivity index (χ0v) is 19.6. The van der Waals surface area contributed by atoms with Crippen LogP contribution in [0.2, 0.25) is 0 Å². The quantitative estimate of drug-likeness (QED) is 0.366. The number of nitrogens with one attached hydrogen (secondary N) is 1. The summed E-state index contributed by atoms with van der Waals surface area (Å²) in [4.78, 5) is 13.9. The second kappa shape index (κ2) is 11.7. The van der Waals surface area contributed by atoms with Crippen LogP contribution in [0.25, 0.3) is 0 Å². The average Bonchev–Trinajstić information content (AvgIpc) is 2.77. The van der Waals surface area contributed by atoms with Crippen LogP contribution in [0.1, 0.15) is 12.5 Å². The largest absolute Gasteiger partial charge is 0.493 e. The fraction of sp³-hybridized carbons (Fsp3) is 0.429. The van der Waals surface area contributed by atoms with Crippen molar-refractivity contribution >= 4 is 35.8 Å². The summed E-state index contributed by atoms with van der Waals surface area (Å²) in [6.45, 7) is 7.20. The lowest BCUT2D eigenvalue weighted by Crippen LogP contribution is -2.52. The summed E-state index contributed by atoms with van der Waals surface area (Å²) in [5, 5.41) is 3.41. The molecule has 0 atom stereocenters. The fourth-order valence-electron chi connectivity index (χ4n) is 3.26. The van der Waals surface area contributed by atoms with Crippen LogP contribution in [0, 0.1) is 0 Å². The molecule has 1 saturated heterocycles. The van der Waals surface area contributed by atoms with Gasteiger partial charge in [-0.1, -0.05) is 12.1 Å². The maximum atomic E-state index is 5.39. The number of nitrogens with zero attached hydrogens (tertiary/aromatic N) is 4. The smallest absolute Gasteiger partial charge is 0.194 e. The molecule has 0 unspecified atom stereocenters. The second-order valence-corrected chi connectivity index (χ2v) is 6.52. The molecule has 0 bridgehead atoms. The molecule has 2 aromatic rings. The number of guanidine groups is 1. The highest BCUT2D eigenvalue weighted by atomic mass is 127. The second-order valence-electron chi connectivity index (χ2n) is 6.52. The predicted octanol–water partition coefficient (Wildman–Crippen LogP) is 3.00. The van der Waals surface area contributed by atoms with Gasteiger partial charge in [-0.25, -0.2) is 9.98 Å². The lowest BCUT2D eigenvalue weighted by atomic mass is 10.2. The van der Waals surface area contributed by atoms with Gasteiger partial charge in [0.1, 0.15) is 5.82 Å². The van der Waals surface area contributed by atoms with Gasteiger partial charge < -0.3 is 24.6 Å². The van der Waals surface area contributed by atoms with Gasteiger partial charge in [0.15, 0.2) is 17.5 Å². The first-order valence-electron chi connectivity index (χ1n) is 9.65. The van der Waals surface area contributed by atoms with Crippen LogP contribution >= 0.6 is 24.0 Å². The number of benzene rings is 1. The molecule has 0 amide bonds. The minimum Gasteiger partial charge on any atom is -0.493 e. The van der Waals surface area contributed by atoms with E-state index >= 15 is 0 Å². The Balaban J connectivity index is 0.00000300. The summed E-state index contributed by atoms with van der Waals surface area (Å²) in [5.74, 6) is 3.43. The summed E-state index contributed by atoms with van der Waals surface area (Å²) in [6.07, 6.45) is 1.84. The number of methoxy groups -OCH3 is 2. The van der Waals surface area contributed by atoms with Gasteiger partial charge in [-0.2, -0.15) is 0 Å². The third-order valence-corrected chi connectivity index (χ3v) is 4.75. The number of halogens is 1. The van der Waals surface area contributed by atoms with Gasteiger partial charge in [-0.3, -0.25) is 0 Å². The first-order valence-corrected chi connectivity index (χ1v) is 9.65.